The highest BCUT2D eigenvalue weighted by Crippen LogP contribution is 2.19. The van der Waals surface area contributed by atoms with Crippen LogP contribution in [0.1, 0.15) is 15.9 Å². The molecule has 1 aliphatic rings. The number of hydrogen-bond donors (Lipinski definition) is 1. The summed E-state index contributed by atoms with van der Waals surface area (Å²) in [5.74, 6) is -0.580. The normalized spacial score (nSPS) is 16.5. The van der Waals surface area contributed by atoms with Gasteiger partial charge in [0.15, 0.2) is 0 Å². The van der Waals surface area contributed by atoms with Gasteiger partial charge in [0, 0.05) is 43.3 Å². The van der Waals surface area contributed by atoms with E-state index < -0.39 is 15.9 Å². The molecule has 2 aromatic carbocycles. The Morgan fingerprint density at radius 2 is 1.69 bits per heavy atom. The van der Waals surface area contributed by atoms with Crippen LogP contribution in [0.5, 0.6) is 0 Å². The molecule has 0 atom stereocenters. The monoisotopic (exact) mass is 393 g/mol. The van der Waals surface area contributed by atoms with Crippen LogP contribution in [-0.4, -0.2) is 49.7 Å². The Bertz CT molecular complexity index is 892. The lowest BCUT2D eigenvalue weighted by Crippen LogP contribution is -2.48. The van der Waals surface area contributed by atoms with Crippen LogP contribution in [0.3, 0.4) is 0 Å². The van der Waals surface area contributed by atoms with Gasteiger partial charge in [-0.2, -0.15) is 4.31 Å². The summed E-state index contributed by atoms with van der Waals surface area (Å²) in [4.78, 5) is 13.5. The molecule has 0 aliphatic carbocycles. The molecule has 26 heavy (non-hydrogen) atoms. The minimum atomic E-state index is -3.57. The average molecular weight is 394 g/mol. The Labute approximate surface area is 158 Å². The topological polar surface area (TPSA) is 83.7 Å². The summed E-state index contributed by atoms with van der Waals surface area (Å²) >= 11 is 6.01. The predicted molar refractivity (Wildman–Crippen MR) is 100 cm³/mol. The van der Waals surface area contributed by atoms with Crippen molar-refractivity contribution in [2.45, 2.75) is 11.4 Å². The van der Waals surface area contributed by atoms with Crippen molar-refractivity contribution in [1.82, 2.24) is 9.21 Å². The molecular formula is C18H20ClN3O3S. The van der Waals surface area contributed by atoms with E-state index in [2.05, 4.69) is 4.90 Å². The Balaban J connectivity index is 1.64. The molecule has 0 radical (unpaired) electrons. The standard InChI is InChI=1S/C18H20ClN3O3S/c19-16-3-1-2-14(12-16)13-21-8-10-22(11-9-21)26(24,25)17-6-4-15(5-7-17)18(20)23/h1-7,12H,8-11,13H2,(H2,20,23). The first-order valence-corrected chi connectivity index (χ1v) is 10.0. The van der Waals surface area contributed by atoms with Crippen LogP contribution in [0.15, 0.2) is 53.4 Å². The highest BCUT2D eigenvalue weighted by atomic mass is 35.5. The number of primary amides is 1. The van der Waals surface area contributed by atoms with E-state index in [0.29, 0.717) is 31.2 Å². The maximum atomic E-state index is 12.8. The summed E-state index contributed by atoms with van der Waals surface area (Å²) in [5, 5.41) is 0.697. The first kappa shape index (κ1) is 18.8. The average Bonchev–Trinajstić information content (AvgIpc) is 2.62. The van der Waals surface area contributed by atoms with Gasteiger partial charge in [-0.05, 0) is 42.0 Å². The molecule has 0 bridgehead atoms. The van der Waals surface area contributed by atoms with Gasteiger partial charge in [0.2, 0.25) is 15.9 Å². The first-order valence-electron chi connectivity index (χ1n) is 8.23. The fraction of sp³-hybridized carbons (Fsp3) is 0.278. The van der Waals surface area contributed by atoms with Gasteiger partial charge < -0.3 is 5.73 Å². The van der Waals surface area contributed by atoms with Crippen molar-refractivity contribution in [3.05, 3.63) is 64.7 Å². The lowest BCUT2D eigenvalue weighted by Gasteiger charge is -2.34. The van der Waals surface area contributed by atoms with Crippen molar-refractivity contribution in [2.24, 2.45) is 5.73 Å². The van der Waals surface area contributed by atoms with Crippen LogP contribution in [0, 0.1) is 0 Å². The molecule has 1 amide bonds. The second-order valence-corrected chi connectivity index (χ2v) is 8.57. The van der Waals surface area contributed by atoms with Crippen molar-refractivity contribution >= 4 is 27.5 Å². The number of nitrogens with zero attached hydrogens (tertiary/aromatic N) is 2. The SMILES string of the molecule is NC(=O)c1ccc(S(=O)(=O)N2CCN(Cc3cccc(Cl)c3)CC2)cc1. The zero-order valence-electron chi connectivity index (χ0n) is 14.1. The predicted octanol–water partition coefficient (Wildman–Crippen LogP) is 1.95. The molecule has 0 unspecified atom stereocenters. The molecule has 1 fully saturated rings. The van der Waals surface area contributed by atoms with E-state index in [-0.39, 0.29) is 10.5 Å². The van der Waals surface area contributed by atoms with Crippen LogP contribution in [0.2, 0.25) is 5.02 Å². The lowest BCUT2D eigenvalue weighted by molar-refractivity contribution is 0.1000. The molecule has 1 heterocycles. The molecule has 8 heteroatoms. The Morgan fingerprint density at radius 3 is 2.27 bits per heavy atom. The number of carbonyl (C=O) groups is 1. The van der Waals surface area contributed by atoms with E-state index in [4.69, 9.17) is 17.3 Å². The quantitative estimate of drug-likeness (QED) is 0.841. The third kappa shape index (κ3) is 4.24. The van der Waals surface area contributed by atoms with Crippen molar-refractivity contribution in [2.75, 3.05) is 26.2 Å². The number of benzene rings is 2. The Kier molecular flexibility index (Phi) is 5.62. The second kappa shape index (κ2) is 7.75. The molecule has 0 saturated carbocycles. The number of sulfonamides is 1. The molecule has 1 saturated heterocycles. The number of hydrogen-bond acceptors (Lipinski definition) is 4. The zero-order chi connectivity index (χ0) is 18.7. The van der Waals surface area contributed by atoms with Gasteiger partial charge >= 0.3 is 0 Å². The summed E-state index contributed by atoms with van der Waals surface area (Å²) in [6.45, 7) is 2.86. The van der Waals surface area contributed by atoms with Gasteiger partial charge in [0.05, 0.1) is 4.90 Å². The van der Waals surface area contributed by atoms with Crippen molar-refractivity contribution in [3.63, 3.8) is 0 Å². The summed E-state index contributed by atoms with van der Waals surface area (Å²) < 4.78 is 27.0. The fourth-order valence-corrected chi connectivity index (χ4v) is 4.60. The van der Waals surface area contributed by atoms with Gasteiger partial charge in [-0.3, -0.25) is 9.69 Å². The Hall–Kier alpha value is -1.93. The van der Waals surface area contributed by atoms with E-state index in [9.17, 15) is 13.2 Å². The van der Waals surface area contributed by atoms with Crippen molar-refractivity contribution in [1.29, 1.82) is 0 Å². The number of halogens is 1. The summed E-state index contributed by atoms with van der Waals surface area (Å²) in [6.07, 6.45) is 0. The molecule has 3 rings (SSSR count). The summed E-state index contributed by atoms with van der Waals surface area (Å²) in [7, 11) is -3.57. The molecule has 6 nitrogen and oxygen atoms in total. The molecule has 2 aromatic rings. The molecular weight excluding hydrogens is 374 g/mol. The number of nitrogens with two attached hydrogens (primary N) is 1. The maximum absolute atomic E-state index is 12.8. The maximum Gasteiger partial charge on any atom is 0.248 e. The highest BCUT2D eigenvalue weighted by molar-refractivity contribution is 7.89. The number of amides is 1. The van der Waals surface area contributed by atoms with Gasteiger partial charge in [0.1, 0.15) is 0 Å². The van der Waals surface area contributed by atoms with Gasteiger partial charge in [-0.1, -0.05) is 23.7 Å². The third-order valence-corrected chi connectivity index (χ3v) is 6.55. The van der Waals surface area contributed by atoms with E-state index in [1.807, 2.05) is 24.3 Å². The van der Waals surface area contributed by atoms with Crippen LogP contribution >= 0.6 is 11.6 Å². The van der Waals surface area contributed by atoms with E-state index >= 15 is 0 Å². The van der Waals surface area contributed by atoms with Crippen LogP contribution in [-0.2, 0) is 16.6 Å². The second-order valence-electron chi connectivity index (χ2n) is 6.20. The van der Waals surface area contributed by atoms with Gasteiger partial charge in [-0.25, -0.2) is 8.42 Å². The van der Waals surface area contributed by atoms with Crippen LogP contribution in [0.25, 0.3) is 0 Å². The molecule has 0 spiro atoms. The number of carbonyl (C=O) groups excluding carboxylic acids is 1. The van der Waals surface area contributed by atoms with Gasteiger partial charge in [-0.15, -0.1) is 0 Å². The molecule has 2 N–H and O–H groups in total. The van der Waals surface area contributed by atoms with Crippen LogP contribution < -0.4 is 5.73 Å². The van der Waals surface area contributed by atoms with Gasteiger partial charge in [0.25, 0.3) is 0 Å². The molecule has 138 valence electrons. The van der Waals surface area contributed by atoms with E-state index in [1.165, 1.54) is 28.6 Å². The minimum absolute atomic E-state index is 0.172. The third-order valence-electron chi connectivity index (χ3n) is 4.40. The van der Waals surface area contributed by atoms with Crippen molar-refractivity contribution in [3.8, 4) is 0 Å². The molecule has 0 aromatic heterocycles. The lowest BCUT2D eigenvalue weighted by atomic mass is 10.2. The summed E-state index contributed by atoms with van der Waals surface area (Å²) in [6, 6.07) is 13.4. The highest BCUT2D eigenvalue weighted by Gasteiger charge is 2.28. The van der Waals surface area contributed by atoms with Crippen molar-refractivity contribution < 1.29 is 13.2 Å². The summed E-state index contributed by atoms with van der Waals surface area (Å²) in [5.41, 5.74) is 6.59. The van der Waals surface area contributed by atoms with E-state index in [0.717, 1.165) is 12.1 Å². The fourth-order valence-electron chi connectivity index (χ4n) is 2.96. The number of piperazine rings is 1. The van der Waals surface area contributed by atoms with Crippen LogP contribution in [0.4, 0.5) is 0 Å². The largest absolute Gasteiger partial charge is 0.366 e. The first-order chi connectivity index (χ1) is 12.4. The minimum Gasteiger partial charge on any atom is -0.366 e. The zero-order valence-corrected chi connectivity index (χ0v) is 15.7. The Morgan fingerprint density at radius 1 is 1.04 bits per heavy atom. The van der Waals surface area contributed by atoms with E-state index in [1.54, 1.807) is 0 Å². The number of rotatable bonds is 5. The molecule has 1 aliphatic heterocycles. The smallest absolute Gasteiger partial charge is 0.248 e.